The van der Waals surface area contributed by atoms with Crippen molar-refractivity contribution in [1.82, 2.24) is 10.6 Å². The Morgan fingerprint density at radius 3 is 2.71 bits per heavy atom. The number of para-hydroxylation sites is 1. The molecule has 1 amide bonds. The third-order valence-corrected chi connectivity index (χ3v) is 3.86. The van der Waals surface area contributed by atoms with E-state index in [1.54, 1.807) is 7.11 Å². The molecule has 0 fully saturated rings. The van der Waals surface area contributed by atoms with E-state index in [-0.39, 0.29) is 5.91 Å². The molecular weight excluding hydrogens is 300 g/mol. The topological polar surface area (TPSA) is 50.4 Å². The molecule has 0 spiro atoms. The predicted molar refractivity (Wildman–Crippen MR) is 97.2 cm³/mol. The van der Waals surface area contributed by atoms with Crippen molar-refractivity contribution in [2.24, 2.45) is 0 Å². The zero-order chi connectivity index (χ0) is 17.2. The van der Waals surface area contributed by atoms with E-state index in [1.807, 2.05) is 30.3 Å². The van der Waals surface area contributed by atoms with Crippen LogP contribution in [-0.4, -0.2) is 26.1 Å². The summed E-state index contributed by atoms with van der Waals surface area (Å²) in [6, 6.07) is 16.2. The van der Waals surface area contributed by atoms with Gasteiger partial charge in [0.1, 0.15) is 5.75 Å². The van der Waals surface area contributed by atoms with Crippen molar-refractivity contribution in [3.63, 3.8) is 0 Å². The number of benzene rings is 2. The summed E-state index contributed by atoms with van der Waals surface area (Å²) in [5.41, 5.74) is 3.52. The normalized spacial score (nSPS) is 10.4. The van der Waals surface area contributed by atoms with Crippen LogP contribution in [0.15, 0.2) is 48.5 Å². The van der Waals surface area contributed by atoms with E-state index >= 15 is 0 Å². The van der Waals surface area contributed by atoms with E-state index in [4.69, 9.17) is 4.74 Å². The summed E-state index contributed by atoms with van der Waals surface area (Å²) in [5, 5.41) is 6.26. The number of nitrogens with one attached hydrogen (secondary N) is 2. The first kappa shape index (κ1) is 18.0. The highest BCUT2D eigenvalue weighted by atomic mass is 16.5. The van der Waals surface area contributed by atoms with Crippen molar-refractivity contribution in [1.29, 1.82) is 0 Å². The molecule has 2 rings (SSSR count). The molecule has 4 nitrogen and oxygen atoms in total. The summed E-state index contributed by atoms with van der Waals surface area (Å²) < 4.78 is 5.33. The third-order valence-electron chi connectivity index (χ3n) is 3.86. The van der Waals surface area contributed by atoms with Crippen molar-refractivity contribution in [2.45, 2.75) is 26.3 Å². The number of amides is 1. The fourth-order valence-corrected chi connectivity index (χ4v) is 2.57. The Morgan fingerprint density at radius 1 is 1.08 bits per heavy atom. The minimum atomic E-state index is 0.0706. The third kappa shape index (κ3) is 6.05. The molecule has 0 bridgehead atoms. The second-order valence-corrected chi connectivity index (χ2v) is 5.83. The number of hydrogen-bond donors (Lipinski definition) is 2. The number of hydrogen-bond acceptors (Lipinski definition) is 3. The lowest BCUT2D eigenvalue weighted by Crippen LogP contribution is -2.28. The fraction of sp³-hybridized carbons (Fsp3) is 0.350. The maximum Gasteiger partial charge on any atom is 0.221 e. The molecule has 2 aromatic carbocycles. The van der Waals surface area contributed by atoms with Gasteiger partial charge in [-0.05, 0) is 37.1 Å². The highest BCUT2D eigenvalue weighted by Gasteiger charge is 2.03. The lowest BCUT2D eigenvalue weighted by atomic mass is 10.1. The number of carbonyl (C=O) groups is 1. The van der Waals surface area contributed by atoms with Gasteiger partial charge in [0.15, 0.2) is 0 Å². The van der Waals surface area contributed by atoms with E-state index < -0.39 is 0 Å². The Morgan fingerprint density at radius 2 is 1.92 bits per heavy atom. The van der Waals surface area contributed by atoms with Crippen molar-refractivity contribution < 1.29 is 9.53 Å². The Bertz CT molecular complexity index is 656. The average Bonchev–Trinajstić information content (AvgIpc) is 2.60. The fourth-order valence-electron chi connectivity index (χ4n) is 2.57. The van der Waals surface area contributed by atoms with Gasteiger partial charge in [-0.15, -0.1) is 0 Å². The van der Waals surface area contributed by atoms with Gasteiger partial charge in [0.2, 0.25) is 5.91 Å². The second kappa shape index (κ2) is 9.73. The van der Waals surface area contributed by atoms with Crippen LogP contribution < -0.4 is 15.4 Å². The molecule has 0 unspecified atom stereocenters. The zero-order valence-electron chi connectivity index (χ0n) is 14.5. The highest BCUT2D eigenvalue weighted by Crippen LogP contribution is 2.17. The van der Waals surface area contributed by atoms with Crippen LogP contribution in [0.25, 0.3) is 0 Å². The summed E-state index contributed by atoms with van der Waals surface area (Å²) >= 11 is 0. The number of rotatable bonds is 9. The molecule has 0 radical (unpaired) electrons. The Kier molecular flexibility index (Phi) is 7.30. The minimum absolute atomic E-state index is 0.0706. The molecule has 0 heterocycles. The number of aryl methyl sites for hydroxylation is 1. The number of carbonyl (C=O) groups excluding carboxylic acids is 1. The van der Waals surface area contributed by atoms with Gasteiger partial charge in [-0.2, -0.15) is 0 Å². The molecule has 0 aliphatic rings. The van der Waals surface area contributed by atoms with Crippen LogP contribution in [0.4, 0.5) is 0 Å². The maximum absolute atomic E-state index is 11.9. The summed E-state index contributed by atoms with van der Waals surface area (Å²) in [6.45, 7) is 4.14. The van der Waals surface area contributed by atoms with Crippen LogP contribution in [0.3, 0.4) is 0 Å². The van der Waals surface area contributed by atoms with E-state index in [2.05, 4.69) is 35.8 Å². The van der Waals surface area contributed by atoms with Gasteiger partial charge in [-0.25, -0.2) is 0 Å². The molecule has 2 aromatic rings. The molecule has 4 heteroatoms. The van der Waals surface area contributed by atoms with Gasteiger partial charge in [-0.3, -0.25) is 4.79 Å². The molecule has 0 aromatic heterocycles. The molecule has 0 saturated heterocycles. The summed E-state index contributed by atoms with van der Waals surface area (Å²) in [7, 11) is 1.69. The molecular formula is C20H26N2O2. The van der Waals surface area contributed by atoms with Crippen molar-refractivity contribution in [3.05, 3.63) is 65.2 Å². The largest absolute Gasteiger partial charge is 0.496 e. The van der Waals surface area contributed by atoms with Gasteiger partial charge in [0.05, 0.1) is 7.11 Å². The lowest BCUT2D eigenvalue weighted by molar-refractivity contribution is -0.121. The van der Waals surface area contributed by atoms with E-state index in [1.165, 1.54) is 11.1 Å². The average molecular weight is 326 g/mol. The molecule has 0 atom stereocenters. The van der Waals surface area contributed by atoms with Crippen LogP contribution in [-0.2, 0) is 17.8 Å². The molecule has 0 aliphatic heterocycles. The quantitative estimate of drug-likeness (QED) is 0.697. The van der Waals surface area contributed by atoms with Crippen molar-refractivity contribution >= 4 is 5.91 Å². The van der Waals surface area contributed by atoms with E-state index in [0.29, 0.717) is 19.5 Å². The van der Waals surface area contributed by atoms with Gasteiger partial charge < -0.3 is 15.4 Å². The Hall–Kier alpha value is -2.33. The predicted octanol–water partition coefficient (Wildman–Crippen LogP) is 2.84. The Balaban J connectivity index is 1.61. The minimum Gasteiger partial charge on any atom is -0.496 e. The molecule has 2 N–H and O–H groups in total. The van der Waals surface area contributed by atoms with E-state index in [9.17, 15) is 4.79 Å². The molecule has 0 saturated carbocycles. The standard InChI is InChI=1S/C20H26N2O2/c1-16-6-5-7-17(14-16)15-22-20(23)11-13-21-12-10-18-8-3-4-9-19(18)24-2/h3-9,14,21H,10-13,15H2,1-2H3,(H,22,23). The lowest BCUT2D eigenvalue weighted by Gasteiger charge is -2.09. The summed E-state index contributed by atoms with van der Waals surface area (Å²) in [6.07, 6.45) is 1.37. The van der Waals surface area contributed by atoms with Crippen LogP contribution >= 0.6 is 0 Å². The van der Waals surface area contributed by atoms with E-state index in [0.717, 1.165) is 24.3 Å². The smallest absolute Gasteiger partial charge is 0.221 e. The monoisotopic (exact) mass is 326 g/mol. The maximum atomic E-state index is 11.9. The van der Waals surface area contributed by atoms with Gasteiger partial charge in [0.25, 0.3) is 0 Å². The first-order valence-corrected chi connectivity index (χ1v) is 8.34. The summed E-state index contributed by atoms with van der Waals surface area (Å²) in [5.74, 6) is 0.983. The van der Waals surface area contributed by atoms with Crippen LogP contribution in [0.1, 0.15) is 23.1 Å². The Labute approximate surface area is 144 Å². The number of methoxy groups -OCH3 is 1. The zero-order valence-corrected chi connectivity index (χ0v) is 14.5. The summed E-state index contributed by atoms with van der Waals surface area (Å²) in [4.78, 5) is 11.9. The SMILES string of the molecule is COc1ccccc1CCNCCC(=O)NCc1cccc(C)c1. The van der Waals surface area contributed by atoms with Crippen molar-refractivity contribution in [3.8, 4) is 5.75 Å². The second-order valence-electron chi connectivity index (χ2n) is 5.83. The highest BCUT2D eigenvalue weighted by molar-refractivity contribution is 5.76. The van der Waals surface area contributed by atoms with Gasteiger partial charge in [0, 0.05) is 19.5 Å². The number of ether oxygens (including phenoxy) is 1. The van der Waals surface area contributed by atoms with Crippen molar-refractivity contribution in [2.75, 3.05) is 20.2 Å². The first-order valence-electron chi connectivity index (χ1n) is 8.34. The first-order chi connectivity index (χ1) is 11.7. The molecule has 0 aliphatic carbocycles. The van der Waals surface area contributed by atoms with Crippen LogP contribution in [0.2, 0.25) is 0 Å². The molecule has 128 valence electrons. The van der Waals surface area contributed by atoms with Gasteiger partial charge in [-0.1, -0.05) is 48.0 Å². The van der Waals surface area contributed by atoms with Gasteiger partial charge >= 0.3 is 0 Å². The molecule has 24 heavy (non-hydrogen) atoms. The van der Waals surface area contributed by atoms with Crippen LogP contribution in [0.5, 0.6) is 5.75 Å². The van der Waals surface area contributed by atoms with Crippen LogP contribution in [0, 0.1) is 6.92 Å².